The predicted octanol–water partition coefficient (Wildman–Crippen LogP) is 3.10. The first kappa shape index (κ1) is 8.50. The van der Waals surface area contributed by atoms with Crippen LogP contribution in [0.2, 0.25) is 10.0 Å². The maximum absolute atomic E-state index is 12.1. The van der Waals surface area contributed by atoms with E-state index in [9.17, 15) is 9.18 Å². The monoisotopic (exact) mass is 192 g/mol. The molecule has 0 aliphatic heterocycles. The van der Waals surface area contributed by atoms with E-state index in [1.807, 2.05) is 0 Å². The van der Waals surface area contributed by atoms with Crippen molar-refractivity contribution in [2.45, 2.75) is 0 Å². The number of hydrogen-bond donors (Lipinski definition) is 0. The number of carbonyl (C=O) groups excluding carboxylic acids is 1. The Balaban J connectivity index is 3.23. The molecule has 1 nitrogen and oxygen atoms in total. The standard InChI is InChI=1S/C7H3Cl2FO/c8-4-1-2-6(9)5(3-4)7(10)11/h1-3H. The number of halogens is 3. The van der Waals surface area contributed by atoms with E-state index < -0.39 is 6.04 Å². The third-order valence-corrected chi connectivity index (χ3v) is 1.70. The summed E-state index contributed by atoms with van der Waals surface area (Å²) in [6.45, 7) is 0. The fourth-order valence-corrected chi connectivity index (χ4v) is 1.01. The summed E-state index contributed by atoms with van der Waals surface area (Å²) >= 11 is 11.0. The van der Waals surface area contributed by atoms with Crippen molar-refractivity contribution in [3.63, 3.8) is 0 Å². The van der Waals surface area contributed by atoms with Gasteiger partial charge in [0.1, 0.15) is 0 Å². The molecule has 58 valence electrons. The van der Waals surface area contributed by atoms with Crippen molar-refractivity contribution in [2.75, 3.05) is 0 Å². The van der Waals surface area contributed by atoms with Crippen molar-refractivity contribution in [1.82, 2.24) is 0 Å². The summed E-state index contributed by atoms with van der Waals surface area (Å²) < 4.78 is 12.1. The summed E-state index contributed by atoms with van der Waals surface area (Å²) in [5, 5.41) is 0.359. The Hall–Kier alpha value is -0.600. The zero-order valence-electron chi connectivity index (χ0n) is 5.27. The second-order valence-corrected chi connectivity index (χ2v) is 2.74. The molecular formula is C7H3Cl2FO. The van der Waals surface area contributed by atoms with Crippen LogP contribution in [0.3, 0.4) is 0 Å². The largest absolute Gasteiger partial charge is 0.333 e. The molecule has 0 atom stereocenters. The molecule has 0 heterocycles. The zero-order valence-corrected chi connectivity index (χ0v) is 6.79. The maximum atomic E-state index is 12.1. The lowest BCUT2D eigenvalue weighted by molar-refractivity contribution is 0.0836. The van der Waals surface area contributed by atoms with E-state index in [0.717, 1.165) is 0 Å². The summed E-state index contributed by atoms with van der Waals surface area (Å²) in [4.78, 5) is 10.2. The van der Waals surface area contributed by atoms with Crippen LogP contribution < -0.4 is 0 Å². The predicted molar refractivity (Wildman–Crippen MR) is 41.9 cm³/mol. The van der Waals surface area contributed by atoms with Gasteiger partial charge in [0.05, 0.1) is 10.6 Å². The van der Waals surface area contributed by atoms with Crippen molar-refractivity contribution >= 4 is 29.2 Å². The van der Waals surface area contributed by atoms with E-state index in [2.05, 4.69) is 0 Å². The summed E-state index contributed by atoms with van der Waals surface area (Å²) in [6, 6.07) is 2.47. The third-order valence-electron chi connectivity index (χ3n) is 1.14. The highest BCUT2D eigenvalue weighted by Crippen LogP contribution is 2.20. The van der Waals surface area contributed by atoms with Gasteiger partial charge >= 0.3 is 6.04 Å². The zero-order chi connectivity index (χ0) is 8.43. The highest BCUT2D eigenvalue weighted by Gasteiger charge is 2.08. The molecule has 0 N–H and O–H groups in total. The van der Waals surface area contributed by atoms with Gasteiger partial charge in [0.2, 0.25) is 0 Å². The normalized spacial score (nSPS) is 9.73. The van der Waals surface area contributed by atoms with Crippen LogP contribution in [-0.2, 0) is 0 Å². The van der Waals surface area contributed by atoms with Crippen molar-refractivity contribution in [3.05, 3.63) is 33.8 Å². The molecule has 0 aliphatic carbocycles. The molecule has 4 heteroatoms. The summed E-state index contributed by atoms with van der Waals surface area (Å²) in [5.74, 6) is 0. The van der Waals surface area contributed by atoms with Crippen LogP contribution in [0.4, 0.5) is 4.39 Å². The Bertz CT molecular complexity index is 298. The van der Waals surface area contributed by atoms with Gasteiger partial charge in [-0.2, -0.15) is 4.39 Å². The van der Waals surface area contributed by atoms with Gasteiger partial charge in [-0.1, -0.05) is 23.2 Å². The van der Waals surface area contributed by atoms with Crippen LogP contribution in [-0.4, -0.2) is 6.04 Å². The molecule has 0 aromatic heterocycles. The highest BCUT2D eigenvalue weighted by atomic mass is 35.5. The second kappa shape index (κ2) is 3.20. The number of rotatable bonds is 1. The third kappa shape index (κ3) is 1.91. The molecule has 1 rings (SSSR count). The SMILES string of the molecule is O=C(F)c1cc(Cl)ccc1Cl. The van der Waals surface area contributed by atoms with Gasteiger partial charge in [-0.15, -0.1) is 0 Å². The topological polar surface area (TPSA) is 17.1 Å². The molecule has 0 aliphatic rings. The Morgan fingerprint density at radius 1 is 1.36 bits per heavy atom. The van der Waals surface area contributed by atoms with Crippen LogP contribution in [0.1, 0.15) is 10.4 Å². The van der Waals surface area contributed by atoms with Crippen molar-refractivity contribution < 1.29 is 9.18 Å². The van der Waals surface area contributed by atoms with E-state index in [1.165, 1.54) is 18.2 Å². The van der Waals surface area contributed by atoms with E-state index >= 15 is 0 Å². The lowest BCUT2D eigenvalue weighted by Gasteiger charge is -1.96. The molecule has 0 radical (unpaired) electrons. The Morgan fingerprint density at radius 3 is 2.45 bits per heavy atom. The van der Waals surface area contributed by atoms with E-state index in [4.69, 9.17) is 23.2 Å². The van der Waals surface area contributed by atoms with Gasteiger partial charge in [0, 0.05) is 5.02 Å². The van der Waals surface area contributed by atoms with Crippen LogP contribution in [0.5, 0.6) is 0 Å². The lowest BCUT2D eigenvalue weighted by Crippen LogP contribution is -1.90. The quantitative estimate of drug-likeness (QED) is 0.626. The molecule has 0 saturated carbocycles. The van der Waals surface area contributed by atoms with Crippen molar-refractivity contribution in [1.29, 1.82) is 0 Å². The average molecular weight is 193 g/mol. The lowest BCUT2D eigenvalue weighted by atomic mass is 10.2. The van der Waals surface area contributed by atoms with Crippen LogP contribution >= 0.6 is 23.2 Å². The van der Waals surface area contributed by atoms with Crippen molar-refractivity contribution in [3.8, 4) is 0 Å². The van der Waals surface area contributed by atoms with E-state index in [0.29, 0.717) is 0 Å². The fourth-order valence-electron chi connectivity index (χ4n) is 0.648. The van der Waals surface area contributed by atoms with Gasteiger partial charge in [0.25, 0.3) is 0 Å². The van der Waals surface area contributed by atoms with Gasteiger partial charge in [-0.3, -0.25) is 4.79 Å². The summed E-state index contributed by atoms with van der Waals surface area (Å²) in [5.41, 5.74) is -0.195. The molecule has 0 bridgehead atoms. The van der Waals surface area contributed by atoms with Gasteiger partial charge in [0.15, 0.2) is 0 Å². The first-order valence-corrected chi connectivity index (χ1v) is 3.52. The molecular weight excluding hydrogens is 190 g/mol. The molecule has 0 fully saturated rings. The molecule has 11 heavy (non-hydrogen) atoms. The minimum atomic E-state index is -1.57. The molecule has 0 spiro atoms. The fraction of sp³-hybridized carbons (Fsp3) is 0. The Kier molecular flexibility index (Phi) is 2.47. The first-order valence-electron chi connectivity index (χ1n) is 2.76. The van der Waals surface area contributed by atoms with Crippen LogP contribution in [0.25, 0.3) is 0 Å². The van der Waals surface area contributed by atoms with Crippen LogP contribution in [0.15, 0.2) is 18.2 Å². The Morgan fingerprint density at radius 2 is 2.00 bits per heavy atom. The van der Waals surface area contributed by atoms with Gasteiger partial charge in [-0.25, -0.2) is 0 Å². The first-order chi connectivity index (χ1) is 5.11. The van der Waals surface area contributed by atoms with E-state index in [-0.39, 0.29) is 15.6 Å². The van der Waals surface area contributed by atoms with Gasteiger partial charge in [-0.05, 0) is 18.2 Å². The van der Waals surface area contributed by atoms with Gasteiger partial charge < -0.3 is 0 Å². The molecule has 0 amide bonds. The molecule has 0 unspecified atom stereocenters. The van der Waals surface area contributed by atoms with E-state index in [1.54, 1.807) is 0 Å². The maximum Gasteiger partial charge on any atom is 0.333 e. The van der Waals surface area contributed by atoms with Crippen molar-refractivity contribution in [2.24, 2.45) is 0 Å². The number of hydrogen-bond acceptors (Lipinski definition) is 1. The number of carbonyl (C=O) groups is 1. The summed E-state index contributed by atoms with van der Waals surface area (Å²) in [7, 11) is 0. The average Bonchev–Trinajstić information content (AvgIpc) is 1.94. The molecule has 1 aromatic carbocycles. The summed E-state index contributed by atoms with van der Waals surface area (Å²) in [6.07, 6.45) is 0. The molecule has 1 aromatic rings. The number of benzene rings is 1. The second-order valence-electron chi connectivity index (χ2n) is 1.90. The van der Waals surface area contributed by atoms with Crippen LogP contribution in [0, 0.1) is 0 Å². The minimum absolute atomic E-state index is 0.0712. The Labute approximate surface area is 72.7 Å². The highest BCUT2D eigenvalue weighted by molar-refractivity contribution is 6.35. The molecule has 0 saturated heterocycles. The minimum Gasteiger partial charge on any atom is -0.255 e. The smallest absolute Gasteiger partial charge is 0.255 e.